The van der Waals surface area contributed by atoms with Crippen LogP contribution in [0.25, 0.3) is 0 Å². The highest BCUT2D eigenvalue weighted by Gasteiger charge is 2.16. The summed E-state index contributed by atoms with van der Waals surface area (Å²) in [6.45, 7) is 0. The van der Waals surface area contributed by atoms with Crippen molar-refractivity contribution in [3.8, 4) is 0 Å². The van der Waals surface area contributed by atoms with Gasteiger partial charge in [-0.15, -0.1) is 0 Å². The summed E-state index contributed by atoms with van der Waals surface area (Å²) in [4.78, 5) is 43.8. The number of benzene rings is 2. The van der Waals surface area contributed by atoms with Gasteiger partial charge in [-0.05, 0) is 42.5 Å². The van der Waals surface area contributed by atoms with Crippen LogP contribution >= 0.6 is 0 Å². The number of ether oxygens (including phenoxy) is 3. The highest BCUT2D eigenvalue weighted by atomic mass is 16.5. The molecule has 11 nitrogen and oxygen atoms in total. The molecule has 33 heavy (non-hydrogen) atoms. The molecule has 3 aromatic rings. The van der Waals surface area contributed by atoms with E-state index in [2.05, 4.69) is 25.3 Å². The Kier molecular flexibility index (Phi) is 7.03. The molecule has 0 radical (unpaired) electrons. The van der Waals surface area contributed by atoms with Gasteiger partial charge in [-0.3, -0.25) is 0 Å². The standard InChI is InChI=1S/C22H21N5O6/c1-31-20(28)12-4-6-15(7-5-12)26-18-17(23)19(25-11-24-18)27-16-9-13(21(29)32-2)8-14(10-16)22(30)33-3/h4-11H,23H2,1-3H3,(H2,24,25,26,27). The molecule has 0 amide bonds. The van der Waals surface area contributed by atoms with E-state index in [4.69, 9.17) is 15.2 Å². The van der Waals surface area contributed by atoms with E-state index in [1.54, 1.807) is 24.3 Å². The van der Waals surface area contributed by atoms with Gasteiger partial charge in [0.05, 0.1) is 38.0 Å². The van der Waals surface area contributed by atoms with Crippen LogP contribution in [0.15, 0.2) is 48.8 Å². The van der Waals surface area contributed by atoms with E-state index in [0.717, 1.165) is 0 Å². The zero-order valence-electron chi connectivity index (χ0n) is 18.0. The number of nitrogens with two attached hydrogens (primary N) is 1. The molecule has 0 aliphatic heterocycles. The second-order valence-corrected chi connectivity index (χ2v) is 6.59. The Morgan fingerprint density at radius 3 is 1.64 bits per heavy atom. The quantitative estimate of drug-likeness (QED) is 0.359. The highest BCUT2D eigenvalue weighted by Crippen LogP contribution is 2.29. The lowest BCUT2D eigenvalue weighted by molar-refractivity contribution is 0.0587. The number of carbonyl (C=O) groups is 3. The first-order valence-corrected chi connectivity index (χ1v) is 9.51. The molecule has 0 bridgehead atoms. The Balaban J connectivity index is 1.88. The van der Waals surface area contributed by atoms with Crippen molar-refractivity contribution in [1.29, 1.82) is 0 Å². The molecule has 0 fully saturated rings. The van der Waals surface area contributed by atoms with Crippen LogP contribution in [0.4, 0.5) is 28.7 Å². The van der Waals surface area contributed by atoms with Crippen LogP contribution < -0.4 is 16.4 Å². The van der Waals surface area contributed by atoms with Gasteiger partial charge in [0.2, 0.25) is 0 Å². The smallest absolute Gasteiger partial charge is 0.337 e. The summed E-state index contributed by atoms with van der Waals surface area (Å²) >= 11 is 0. The second-order valence-electron chi connectivity index (χ2n) is 6.59. The minimum atomic E-state index is -0.628. The van der Waals surface area contributed by atoms with Crippen LogP contribution in [-0.2, 0) is 14.2 Å². The third-order valence-corrected chi connectivity index (χ3v) is 4.49. The zero-order chi connectivity index (χ0) is 24.0. The average molecular weight is 451 g/mol. The molecule has 0 aliphatic carbocycles. The van der Waals surface area contributed by atoms with Crippen molar-refractivity contribution in [2.24, 2.45) is 0 Å². The first-order valence-electron chi connectivity index (χ1n) is 9.51. The number of aromatic nitrogens is 2. The Bertz CT molecular complexity index is 1160. The SMILES string of the molecule is COC(=O)c1ccc(Nc2ncnc(Nc3cc(C(=O)OC)cc(C(=O)OC)c3)c2N)cc1. The molecule has 1 aromatic heterocycles. The first-order chi connectivity index (χ1) is 15.9. The summed E-state index contributed by atoms with van der Waals surface area (Å²) < 4.78 is 14.2. The normalized spacial score (nSPS) is 10.2. The summed E-state index contributed by atoms with van der Waals surface area (Å²) in [5.41, 5.74) is 8.05. The molecule has 3 rings (SSSR count). The van der Waals surface area contributed by atoms with E-state index >= 15 is 0 Å². The number of nitrogens with one attached hydrogen (secondary N) is 2. The van der Waals surface area contributed by atoms with Gasteiger partial charge in [-0.25, -0.2) is 24.4 Å². The summed E-state index contributed by atoms with van der Waals surface area (Å²) in [5.74, 6) is -1.17. The number of esters is 3. The van der Waals surface area contributed by atoms with Gasteiger partial charge in [-0.1, -0.05) is 0 Å². The van der Waals surface area contributed by atoms with Gasteiger partial charge in [-0.2, -0.15) is 0 Å². The topological polar surface area (TPSA) is 155 Å². The van der Waals surface area contributed by atoms with Crippen molar-refractivity contribution in [2.75, 3.05) is 37.7 Å². The summed E-state index contributed by atoms with van der Waals surface area (Å²) in [6, 6.07) is 10.9. The molecular weight excluding hydrogens is 430 g/mol. The highest BCUT2D eigenvalue weighted by molar-refractivity contribution is 5.97. The molecule has 11 heteroatoms. The number of methoxy groups -OCH3 is 3. The fourth-order valence-electron chi connectivity index (χ4n) is 2.85. The number of carbonyl (C=O) groups excluding carboxylic acids is 3. The predicted molar refractivity (Wildman–Crippen MR) is 120 cm³/mol. The molecule has 0 saturated heterocycles. The molecule has 170 valence electrons. The fraction of sp³-hybridized carbons (Fsp3) is 0.136. The summed E-state index contributed by atoms with van der Waals surface area (Å²) in [6.07, 6.45) is 1.29. The monoisotopic (exact) mass is 451 g/mol. The van der Waals surface area contributed by atoms with E-state index in [9.17, 15) is 14.4 Å². The zero-order valence-corrected chi connectivity index (χ0v) is 18.0. The van der Waals surface area contributed by atoms with E-state index in [1.165, 1.54) is 45.9 Å². The maximum atomic E-state index is 12.0. The fourth-order valence-corrected chi connectivity index (χ4v) is 2.85. The van der Waals surface area contributed by atoms with Crippen LogP contribution in [0.2, 0.25) is 0 Å². The van der Waals surface area contributed by atoms with Crippen LogP contribution in [0.3, 0.4) is 0 Å². The van der Waals surface area contributed by atoms with Gasteiger partial charge >= 0.3 is 17.9 Å². The minimum Gasteiger partial charge on any atom is -0.465 e. The van der Waals surface area contributed by atoms with Gasteiger partial charge in [0.25, 0.3) is 0 Å². The minimum absolute atomic E-state index is 0.138. The maximum Gasteiger partial charge on any atom is 0.337 e. The van der Waals surface area contributed by atoms with E-state index in [-0.39, 0.29) is 22.6 Å². The number of hydrogen-bond donors (Lipinski definition) is 3. The third-order valence-electron chi connectivity index (χ3n) is 4.49. The Labute approximate surface area is 188 Å². The Morgan fingerprint density at radius 1 is 0.697 bits per heavy atom. The number of nitrogens with zero attached hydrogens (tertiary/aromatic N) is 2. The lowest BCUT2D eigenvalue weighted by atomic mass is 10.1. The van der Waals surface area contributed by atoms with Crippen molar-refractivity contribution < 1.29 is 28.6 Å². The Morgan fingerprint density at radius 2 is 1.15 bits per heavy atom. The second kappa shape index (κ2) is 10.1. The molecule has 1 heterocycles. The molecular formula is C22H21N5O6. The van der Waals surface area contributed by atoms with E-state index < -0.39 is 17.9 Å². The van der Waals surface area contributed by atoms with Gasteiger partial charge in [0, 0.05) is 11.4 Å². The van der Waals surface area contributed by atoms with E-state index in [0.29, 0.717) is 22.8 Å². The number of anilines is 5. The molecule has 0 aliphatic rings. The average Bonchev–Trinajstić information content (AvgIpc) is 2.85. The Hall–Kier alpha value is -4.67. The van der Waals surface area contributed by atoms with Gasteiger partial charge < -0.3 is 30.6 Å². The van der Waals surface area contributed by atoms with Crippen LogP contribution in [0.5, 0.6) is 0 Å². The molecule has 0 saturated carbocycles. The van der Waals surface area contributed by atoms with E-state index in [1.807, 2.05) is 0 Å². The van der Waals surface area contributed by atoms with Crippen molar-refractivity contribution in [1.82, 2.24) is 9.97 Å². The number of hydrogen-bond acceptors (Lipinski definition) is 11. The molecule has 0 spiro atoms. The van der Waals surface area contributed by atoms with Crippen molar-refractivity contribution in [3.05, 3.63) is 65.5 Å². The number of nitrogen functional groups attached to an aromatic ring is 1. The molecule has 0 atom stereocenters. The third kappa shape index (κ3) is 5.34. The van der Waals surface area contributed by atoms with Crippen molar-refractivity contribution >= 4 is 46.6 Å². The summed E-state index contributed by atoms with van der Waals surface area (Å²) in [7, 11) is 3.77. The van der Waals surface area contributed by atoms with Gasteiger partial charge in [0.15, 0.2) is 11.6 Å². The lowest BCUT2D eigenvalue weighted by Crippen LogP contribution is -2.09. The van der Waals surface area contributed by atoms with Crippen LogP contribution in [0.1, 0.15) is 31.1 Å². The predicted octanol–water partition coefficient (Wildman–Crippen LogP) is 2.91. The lowest BCUT2D eigenvalue weighted by Gasteiger charge is -2.14. The molecule has 4 N–H and O–H groups in total. The number of rotatable bonds is 7. The molecule has 2 aromatic carbocycles. The van der Waals surface area contributed by atoms with Gasteiger partial charge in [0.1, 0.15) is 12.0 Å². The molecule has 0 unspecified atom stereocenters. The van der Waals surface area contributed by atoms with Crippen molar-refractivity contribution in [3.63, 3.8) is 0 Å². The first kappa shape index (κ1) is 23.0. The van der Waals surface area contributed by atoms with Crippen molar-refractivity contribution in [2.45, 2.75) is 0 Å². The van der Waals surface area contributed by atoms with Crippen LogP contribution in [0, 0.1) is 0 Å². The largest absolute Gasteiger partial charge is 0.465 e. The maximum absolute atomic E-state index is 12.0. The summed E-state index contributed by atoms with van der Waals surface area (Å²) in [5, 5.41) is 6.02. The van der Waals surface area contributed by atoms with Crippen LogP contribution in [-0.4, -0.2) is 49.2 Å².